The molecule has 0 N–H and O–H groups in total. The standard InChI is InChI=1S/C18H18ClNO/c1-13-4-2-3-5-17(13)18(21)20(16-10-11-16)12-14-6-8-15(19)9-7-14/h2-9,16H,10-12H2,1H3. The molecule has 0 saturated heterocycles. The lowest BCUT2D eigenvalue weighted by Crippen LogP contribution is -2.33. The summed E-state index contributed by atoms with van der Waals surface area (Å²) in [6, 6.07) is 15.9. The average Bonchev–Trinajstić information content (AvgIpc) is 3.31. The van der Waals surface area contributed by atoms with Crippen LogP contribution in [0.2, 0.25) is 5.02 Å². The number of benzene rings is 2. The van der Waals surface area contributed by atoms with Crippen molar-refractivity contribution < 1.29 is 4.79 Å². The molecule has 1 aliphatic carbocycles. The van der Waals surface area contributed by atoms with Gasteiger partial charge in [0, 0.05) is 23.2 Å². The van der Waals surface area contributed by atoms with E-state index in [0.29, 0.717) is 12.6 Å². The summed E-state index contributed by atoms with van der Waals surface area (Å²) in [6.45, 7) is 2.63. The predicted octanol–water partition coefficient (Wildman–Crippen LogP) is 4.45. The van der Waals surface area contributed by atoms with Crippen molar-refractivity contribution in [2.75, 3.05) is 0 Å². The molecule has 2 aromatic rings. The fourth-order valence-electron chi connectivity index (χ4n) is 2.51. The number of hydrogen-bond acceptors (Lipinski definition) is 1. The van der Waals surface area contributed by atoms with Crippen molar-refractivity contribution >= 4 is 17.5 Å². The highest BCUT2D eigenvalue weighted by Gasteiger charge is 2.33. The van der Waals surface area contributed by atoms with Crippen LogP contribution < -0.4 is 0 Å². The van der Waals surface area contributed by atoms with Crippen molar-refractivity contribution in [2.45, 2.75) is 32.4 Å². The lowest BCUT2D eigenvalue weighted by atomic mass is 10.1. The van der Waals surface area contributed by atoms with Gasteiger partial charge in [0.1, 0.15) is 0 Å². The number of hydrogen-bond donors (Lipinski definition) is 0. The van der Waals surface area contributed by atoms with Crippen molar-refractivity contribution in [1.29, 1.82) is 0 Å². The van der Waals surface area contributed by atoms with Crippen molar-refractivity contribution in [2.24, 2.45) is 0 Å². The molecule has 21 heavy (non-hydrogen) atoms. The largest absolute Gasteiger partial charge is 0.331 e. The third-order valence-corrected chi connectivity index (χ3v) is 4.14. The smallest absolute Gasteiger partial charge is 0.254 e. The van der Waals surface area contributed by atoms with Gasteiger partial charge in [0.15, 0.2) is 0 Å². The van der Waals surface area contributed by atoms with Gasteiger partial charge >= 0.3 is 0 Å². The van der Waals surface area contributed by atoms with Gasteiger partial charge in [-0.05, 0) is 49.1 Å². The Balaban J connectivity index is 1.83. The maximum Gasteiger partial charge on any atom is 0.254 e. The van der Waals surface area contributed by atoms with Gasteiger partial charge in [-0.2, -0.15) is 0 Å². The molecular weight excluding hydrogens is 282 g/mol. The van der Waals surface area contributed by atoms with E-state index in [4.69, 9.17) is 11.6 Å². The molecule has 1 amide bonds. The normalized spacial score (nSPS) is 14.0. The first kappa shape index (κ1) is 14.2. The van der Waals surface area contributed by atoms with Gasteiger partial charge in [0.25, 0.3) is 5.91 Å². The molecule has 1 fully saturated rings. The van der Waals surface area contributed by atoms with Crippen LogP contribution in [0.5, 0.6) is 0 Å². The quantitative estimate of drug-likeness (QED) is 0.816. The second kappa shape index (κ2) is 5.90. The van der Waals surface area contributed by atoms with E-state index in [9.17, 15) is 4.79 Å². The second-order valence-corrected chi connectivity index (χ2v) is 6.04. The fraction of sp³-hybridized carbons (Fsp3) is 0.278. The summed E-state index contributed by atoms with van der Waals surface area (Å²) in [5.74, 6) is 0.130. The van der Waals surface area contributed by atoms with E-state index >= 15 is 0 Å². The van der Waals surface area contributed by atoms with E-state index in [1.54, 1.807) is 0 Å². The van der Waals surface area contributed by atoms with Crippen LogP contribution >= 0.6 is 11.6 Å². The third-order valence-electron chi connectivity index (χ3n) is 3.89. The van der Waals surface area contributed by atoms with Gasteiger partial charge in [-0.1, -0.05) is 41.9 Å². The number of halogens is 1. The summed E-state index contributed by atoms with van der Waals surface area (Å²) < 4.78 is 0. The number of carbonyl (C=O) groups is 1. The van der Waals surface area contributed by atoms with E-state index in [1.807, 2.05) is 60.4 Å². The highest BCUT2D eigenvalue weighted by Crippen LogP contribution is 2.30. The van der Waals surface area contributed by atoms with E-state index < -0.39 is 0 Å². The first-order chi connectivity index (χ1) is 10.1. The lowest BCUT2D eigenvalue weighted by Gasteiger charge is -2.23. The van der Waals surface area contributed by atoms with Gasteiger partial charge in [-0.15, -0.1) is 0 Å². The molecule has 2 aromatic carbocycles. The van der Waals surface area contributed by atoms with Crippen LogP contribution in [-0.2, 0) is 6.54 Å². The Kier molecular flexibility index (Phi) is 3.98. The maximum absolute atomic E-state index is 12.8. The molecule has 0 atom stereocenters. The van der Waals surface area contributed by atoms with Gasteiger partial charge in [0.2, 0.25) is 0 Å². The minimum absolute atomic E-state index is 0.130. The Morgan fingerprint density at radius 2 is 1.81 bits per heavy atom. The summed E-state index contributed by atoms with van der Waals surface area (Å²) >= 11 is 5.92. The van der Waals surface area contributed by atoms with Crippen LogP contribution in [0.25, 0.3) is 0 Å². The average molecular weight is 300 g/mol. The van der Waals surface area contributed by atoms with E-state index in [0.717, 1.165) is 34.6 Å². The number of nitrogens with zero attached hydrogens (tertiary/aromatic N) is 1. The zero-order valence-electron chi connectivity index (χ0n) is 12.1. The SMILES string of the molecule is Cc1ccccc1C(=O)N(Cc1ccc(Cl)cc1)C1CC1. The van der Waals surface area contributed by atoms with Crippen LogP contribution in [0, 0.1) is 6.92 Å². The summed E-state index contributed by atoms with van der Waals surface area (Å²) in [5.41, 5.74) is 2.95. The van der Waals surface area contributed by atoms with E-state index in [2.05, 4.69) is 0 Å². The van der Waals surface area contributed by atoms with Gasteiger partial charge in [-0.3, -0.25) is 4.79 Å². The Hall–Kier alpha value is -1.80. The zero-order chi connectivity index (χ0) is 14.8. The Morgan fingerprint density at radius 1 is 1.14 bits per heavy atom. The fourth-order valence-corrected chi connectivity index (χ4v) is 2.63. The topological polar surface area (TPSA) is 20.3 Å². The zero-order valence-corrected chi connectivity index (χ0v) is 12.8. The summed E-state index contributed by atoms with van der Waals surface area (Å²) in [7, 11) is 0. The number of amides is 1. The van der Waals surface area contributed by atoms with E-state index in [-0.39, 0.29) is 5.91 Å². The van der Waals surface area contributed by atoms with Crippen LogP contribution in [0.4, 0.5) is 0 Å². The molecule has 0 bridgehead atoms. The molecule has 0 spiro atoms. The van der Waals surface area contributed by atoms with Gasteiger partial charge in [0.05, 0.1) is 0 Å². The summed E-state index contributed by atoms with van der Waals surface area (Å²) in [4.78, 5) is 14.8. The minimum atomic E-state index is 0.130. The number of carbonyl (C=O) groups excluding carboxylic acids is 1. The highest BCUT2D eigenvalue weighted by atomic mass is 35.5. The van der Waals surface area contributed by atoms with E-state index in [1.165, 1.54) is 0 Å². The second-order valence-electron chi connectivity index (χ2n) is 5.61. The van der Waals surface area contributed by atoms with Crippen molar-refractivity contribution in [1.82, 2.24) is 4.90 Å². The Labute approximate surface area is 130 Å². The van der Waals surface area contributed by atoms with Crippen molar-refractivity contribution in [3.8, 4) is 0 Å². The van der Waals surface area contributed by atoms with Crippen molar-refractivity contribution in [3.05, 3.63) is 70.2 Å². The molecule has 1 aliphatic rings. The summed E-state index contributed by atoms with van der Waals surface area (Å²) in [5, 5.41) is 0.724. The molecule has 3 rings (SSSR count). The van der Waals surface area contributed by atoms with Gasteiger partial charge in [-0.25, -0.2) is 0 Å². The Morgan fingerprint density at radius 3 is 2.43 bits per heavy atom. The molecule has 0 aromatic heterocycles. The van der Waals surface area contributed by atoms with Crippen LogP contribution in [-0.4, -0.2) is 16.8 Å². The first-order valence-electron chi connectivity index (χ1n) is 7.26. The van der Waals surface area contributed by atoms with Crippen LogP contribution in [0.1, 0.15) is 34.3 Å². The van der Waals surface area contributed by atoms with Crippen molar-refractivity contribution in [3.63, 3.8) is 0 Å². The number of rotatable bonds is 4. The third kappa shape index (κ3) is 3.27. The van der Waals surface area contributed by atoms with Crippen LogP contribution in [0.15, 0.2) is 48.5 Å². The molecule has 0 aliphatic heterocycles. The predicted molar refractivity (Wildman–Crippen MR) is 85.5 cm³/mol. The lowest BCUT2D eigenvalue weighted by molar-refractivity contribution is 0.0729. The van der Waals surface area contributed by atoms with Gasteiger partial charge < -0.3 is 4.90 Å². The Bertz CT molecular complexity index is 647. The first-order valence-corrected chi connectivity index (χ1v) is 7.64. The summed E-state index contributed by atoms with van der Waals surface area (Å²) in [6.07, 6.45) is 2.20. The molecule has 3 heteroatoms. The molecule has 0 heterocycles. The highest BCUT2D eigenvalue weighted by molar-refractivity contribution is 6.30. The maximum atomic E-state index is 12.8. The molecule has 0 radical (unpaired) electrons. The molecular formula is C18H18ClNO. The monoisotopic (exact) mass is 299 g/mol. The number of aryl methyl sites for hydroxylation is 1. The molecule has 2 nitrogen and oxygen atoms in total. The van der Waals surface area contributed by atoms with Crippen LogP contribution in [0.3, 0.4) is 0 Å². The minimum Gasteiger partial charge on any atom is -0.331 e. The molecule has 0 unspecified atom stereocenters. The molecule has 108 valence electrons. The molecule has 1 saturated carbocycles.